The number of carboxylic acid groups (broad SMARTS) is 1. The van der Waals surface area contributed by atoms with Crippen molar-refractivity contribution in [1.82, 2.24) is 26.0 Å². The van der Waals surface area contributed by atoms with Gasteiger partial charge in [-0.3, -0.25) is 14.4 Å². The van der Waals surface area contributed by atoms with E-state index >= 15 is 0 Å². The summed E-state index contributed by atoms with van der Waals surface area (Å²) >= 11 is 1.04. The highest BCUT2D eigenvalue weighted by Crippen LogP contribution is 2.29. The van der Waals surface area contributed by atoms with Crippen LogP contribution < -0.4 is 26.0 Å². The predicted molar refractivity (Wildman–Crippen MR) is 163 cm³/mol. The number of piperidine rings is 2. The minimum absolute atomic E-state index is 0.00596. The van der Waals surface area contributed by atoms with Gasteiger partial charge in [-0.2, -0.15) is 4.72 Å². The van der Waals surface area contributed by atoms with Gasteiger partial charge in [-0.05, 0) is 107 Å². The zero-order valence-electron chi connectivity index (χ0n) is 23.9. The zero-order chi connectivity index (χ0) is 30.0. The lowest BCUT2D eigenvalue weighted by atomic mass is 9.84. The Kier molecular flexibility index (Phi) is 12.1. The van der Waals surface area contributed by atoms with Gasteiger partial charge in [-0.15, -0.1) is 11.3 Å². The second kappa shape index (κ2) is 15.8. The van der Waals surface area contributed by atoms with E-state index in [9.17, 15) is 27.9 Å². The van der Waals surface area contributed by atoms with Crippen LogP contribution in [0, 0.1) is 17.8 Å². The van der Waals surface area contributed by atoms with Crippen LogP contribution in [0.2, 0.25) is 0 Å². The molecule has 1 aromatic carbocycles. The van der Waals surface area contributed by atoms with Gasteiger partial charge in [0.2, 0.25) is 11.8 Å². The lowest BCUT2D eigenvalue weighted by Gasteiger charge is -2.27. The maximum atomic E-state index is 13.2. The van der Waals surface area contributed by atoms with Gasteiger partial charge in [0.15, 0.2) is 0 Å². The molecular weight excluding hydrogens is 578 g/mol. The standard InChI is InChI=1S/C29H43N5O6S2/c35-26(32-18-24(29(37)38)34-42(39,40)27-17-23-3-1-2-4-25(23)41-27)19-33-28(36)22(7-5-20-9-13-30-14-10-20)8-6-21-11-15-31-16-12-21/h1-4,17,20-22,24,30-31,34H,5-16,18-19H2,(H,32,35)(H,33,36)(H,37,38). The molecule has 2 saturated heterocycles. The van der Waals surface area contributed by atoms with Gasteiger partial charge in [-0.25, -0.2) is 8.42 Å². The molecule has 42 heavy (non-hydrogen) atoms. The zero-order valence-corrected chi connectivity index (χ0v) is 25.5. The molecule has 2 fully saturated rings. The summed E-state index contributed by atoms with van der Waals surface area (Å²) in [4.78, 5) is 37.5. The quantitative estimate of drug-likeness (QED) is 0.176. The van der Waals surface area contributed by atoms with Crippen molar-refractivity contribution in [1.29, 1.82) is 0 Å². The number of hydrogen-bond acceptors (Lipinski definition) is 8. The van der Waals surface area contributed by atoms with Crippen LogP contribution in [0.3, 0.4) is 0 Å². The van der Waals surface area contributed by atoms with Gasteiger partial charge in [0.1, 0.15) is 10.3 Å². The Morgan fingerprint density at radius 3 is 2.10 bits per heavy atom. The van der Waals surface area contributed by atoms with E-state index in [1.165, 1.54) is 6.07 Å². The number of thiophene rings is 1. The summed E-state index contributed by atoms with van der Waals surface area (Å²) in [6.45, 7) is 3.28. The molecule has 2 aliphatic heterocycles. The number of hydrogen-bond donors (Lipinski definition) is 6. The normalized spacial score (nSPS) is 17.7. The summed E-state index contributed by atoms with van der Waals surface area (Å²) in [7, 11) is -4.12. The van der Waals surface area contributed by atoms with Crippen molar-refractivity contribution in [3.05, 3.63) is 30.3 Å². The maximum absolute atomic E-state index is 13.2. The molecule has 2 amide bonds. The third kappa shape index (κ3) is 9.73. The first-order valence-electron chi connectivity index (χ1n) is 14.9. The number of carboxylic acids is 1. The predicted octanol–water partition coefficient (Wildman–Crippen LogP) is 2.04. The van der Waals surface area contributed by atoms with Crippen molar-refractivity contribution in [2.45, 2.75) is 61.6 Å². The molecule has 1 atom stereocenters. The first kappa shape index (κ1) is 32.3. The molecule has 0 radical (unpaired) electrons. The smallest absolute Gasteiger partial charge is 0.323 e. The van der Waals surface area contributed by atoms with Crippen molar-refractivity contribution in [2.24, 2.45) is 17.8 Å². The van der Waals surface area contributed by atoms with Crippen LogP contribution in [0.15, 0.2) is 34.5 Å². The van der Waals surface area contributed by atoms with Gasteiger partial charge in [0.05, 0.1) is 6.54 Å². The van der Waals surface area contributed by atoms with Gasteiger partial charge < -0.3 is 26.4 Å². The van der Waals surface area contributed by atoms with E-state index in [2.05, 4.69) is 26.0 Å². The highest BCUT2D eigenvalue weighted by molar-refractivity contribution is 7.91. The third-order valence-electron chi connectivity index (χ3n) is 8.32. The average Bonchev–Trinajstić information content (AvgIpc) is 3.45. The first-order valence-corrected chi connectivity index (χ1v) is 17.2. The van der Waals surface area contributed by atoms with Crippen LogP contribution in [0.4, 0.5) is 0 Å². The van der Waals surface area contributed by atoms with Crippen molar-refractivity contribution in [3.63, 3.8) is 0 Å². The van der Waals surface area contributed by atoms with Gasteiger partial charge in [0.25, 0.3) is 10.0 Å². The summed E-state index contributed by atoms with van der Waals surface area (Å²) in [6, 6.07) is 7.07. The van der Waals surface area contributed by atoms with E-state index in [0.717, 1.165) is 99.0 Å². The van der Waals surface area contributed by atoms with Gasteiger partial charge in [0, 0.05) is 17.2 Å². The number of benzene rings is 1. The number of carbonyl (C=O) groups is 3. The Morgan fingerprint density at radius 2 is 1.52 bits per heavy atom. The topological polar surface area (TPSA) is 166 Å². The molecule has 2 aliphatic rings. The Labute approximate surface area is 251 Å². The Hall–Kier alpha value is -2.58. The van der Waals surface area contributed by atoms with E-state index in [-0.39, 0.29) is 22.6 Å². The molecular formula is C29H43N5O6S2. The molecule has 232 valence electrons. The molecule has 4 rings (SSSR count). The van der Waals surface area contributed by atoms with Gasteiger partial charge in [-0.1, -0.05) is 18.2 Å². The van der Waals surface area contributed by atoms with E-state index in [0.29, 0.717) is 11.8 Å². The third-order valence-corrected chi connectivity index (χ3v) is 11.4. The van der Waals surface area contributed by atoms with Gasteiger partial charge >= 0.3 is 5.97 Å². The van der Waals surface area contributed by atoms with Crippen molar-refractivity contribution < 1.29 is 27.9 Å². The molecule has 1 unspecified atom stereocenters. The summed E-state index contributed by atoms with van der Waals surface area (Å²) in [6.07, 6.45) is 7.99. The molecule has 6 N–H and O–H groups in total. The Morgan fingerprint density at radius 1 is 0.929 bits per heavy atom. The summed E-state index contributed by atoms with van der Waals surface area (Å²) in [5.41, 5.74) is 0. The van der Waals surface area contributed by atoms with Crippen molar-refractivity contribution in [3.8, 4) is 0 Å². The molecule has 1 aromatic heterocycles. The summed E-state index contributed by atoms with van der Waals surface area (Å²) in [5.74, 6) is -1.12. The Balaban J connectivity index is 1.27. The maximum Gasteiger partial charge on any atom is 0.323 e. The Bertz CT molecular complexity index is 1250. The minimum atomic E-state index is -4.12. The summed E-state index contributed by atoms with van der Waals surface area (Å²) < 4.78 is 28.7. The minimum Gasteiger partial charge on any atom is -0.480 e. The van der Waals surface area contributed by atoms with Crippen LogP contribution in [-0.4, -0.2) is 76.6 Å². The highest BCUT2D eigenvalue weighted by Gasteiger charge is 2.28. The van der Waals surface area contributed by atoms with Crippen LogP contribution in [0.25, 0.3) is 10.1 Å². The van der Waals surface area contributed by atoms with Crippen LogP contribution >= 0.6 is 11.3 Å². The number of rotatable bonds is 15. The lowest BCUT2D eigenvalue weighted by Crippen LogP contribution is -2.50. The van der Waals surface area contributed by atoms with E-state index in [4.69, 9.17) is 0 Å². The first-order chi connectivity index (χ1) is 20.2. The van der Waals surface area contributed by atoms with E-state index in [1.54, 1.807) is 24.3 Å². The fourth-order valence-electron chi connectivity index (χ4n) is 5.73. The van der Waals surface area contributed by atoms with E-state index in [1.807, 2.05) is 0 Å². The lowest BCUT2D eigenvalue weighted by molar-refractivity contribution is -0.139. The number of carbonyl (C=O) groups excluding carboxylic acids is 2. The number of fused-ring (bicyclic) bond motifs is 1. The molecule has 11 nitrogen and oxygen atoms in total. The molecule has 0 aliphatic carbocycles. The highest BCUT2D eigenvalue weighted by atomic mass is 32.2. The van der Waals surface area contributed by atoms with E-state index < -0.39 is 34.5 Å². The van der Waals surface area contributed by atoms with Crippen LogP contribution in [0.5, 0.6) is 0 Å². The van der Waals surface area contributed by atoms with Crippen molar-refractivity contribution in [2.75, 3.05) is 39.3 Å². The second-order valence-electron chi connectivity index (χ2n) is 11.4. The molecule has 2 aromatic rings. The number of nitrogens with one attached hydrogen (secondary N) is 5. The SMILES string of the molecule is O=C(CNC(=O)C(CCC1CCNCC1)CCC1CCNCC1)NCC(NS(=O)(=O)c1cc2ccccc2s1)C(=O)O. The molecule has 0 saturated carbocycles. The number of sulfonamides is 1. The fourth-order valence-corrected chi connectivity index (χ4v) is 8.33. The largest absolute Gasteiger partial charge is 0.480 e. The number of amides is 2. The monoisotopic (exact) mass is 621 g/mol. The molecule has 13 heteroatoms. The molecule has 0 spiro atoms. The second-order valence-corrected chi connectivity index (χ2v) is 14.4. The van der Waals surface area contributed by atoms with Crippen molar-refractivity contribution >= 4 is 49.2 Å². The molecule has 0 bridgehead atoms. The van der Waals surface area contributed by atoms with Crippen LogP contribution in [-0.2, 0) is 24.4 Å². The average molecular weight is 622 g/mol. The van der Waals surface area contributed by atoms with Crippen LogP contribution in [0.1, 0.15) is 51.4 Å². The molecule has 3 heterocycles. The fraction of sp³-hybridized carbons (Fsp3) is 0.621. The number of aliphatic carboxylic acids is 1. The summed E-state index contributed by atoms with van der Waals surface area (Å²) in [5, 5.41) is 22.3.